The zero-order chi connectivity index (χ0) is 29.4. The van der Waals surface area contributed by atoms with Gasteiger partial charge in [0.05, 0.1) is 34.0 Å². The Bertz CT molecular complexity index is 1510. The fourth-order valence-corrected chi connectivity index (χ4v) is 4.29. The molecular weight excluding hydrogens is 568 g/mol. The van der Waals surface area contributed by atoms with E-state index in [0.29, 0.717) is 17.7 Å². The fraction of sp³-hybridized carbons (Fsp3) is 0.280. The molecule has 0 atom stereocenters. The molecule has 0 aliphatic rings. The standard InChI is InChI=1S/C25H20ClF6N5O3/c1-36(2)23-20(21(39)19-18(7-8-38)34-40-22(19)16-5-3-4-6-17(16)26)33-35-37(23)12-13-9-14(24(27,28)29)11-15(10-13)25(30,31)32/h3-6,9-11,38H,7-8,12H2,1-2H3. The van der Waals surface area contributed by atoms with Crippen molar-refractivity contribution in [3.63, 3.8) is 0 Å². The van der Waals surface area contributed by atoms with Gasteiger partial charge in [0.25, 0.3) is 0 Å². The summed E-state index contributed by atoms with van der Waals surface area (Å²) in [7, 11) is 2.99. The minimum Gasteiger partial charge on any atom is -0.396 e. The SMILES string of the molecule is CN(C)c1c(C(=O)c2c(CCO)noc2-c2ccccc2Cl)nnn1Cc1cc(C(F)(F)F)cc(C(F)(F)F)c1. The molecule has 4 aromatic rings. The van der Waals surface area contributed by atoms with Crippen LogP contribution in [0.3, 0.4) is 0 Å². The first-order valence-electron chi connectivity index (χ1n) is 11.5. The van der Waals surface area contributed by atoms with Crippen molar-refractivity contribution in [3.8, 4) is 11.3 Å². The lowest BCUT2D eigenvalue weighted by Crippen LogP contribution is -2.20. The molecule has 0 radical (unpaired) electrons. The van der Waals surface area contributed by atoms with Crippen molar-refractivity contribution in [1.82, 2.24) is 20.2 Å². The van der Waals surface area contributed by atoms with Crippen LogP contribution in [0.4, 0.5) is 32.2 Å². The second-order valence-electron chi connectivity index (χ2n) is 8.84. The molecular formula is C25H20ClF6N5O3. The first-order chi connectivity index (χ1) is 18.7. The highest BCUT2D eigenvalue weighted by Gasteiger charge is 2.37. The van der Waals surface area contributed by atoms with Crippen molar-refractivity contribution < 1.29 is 40.8 Å². The van der Waals surface area contributed by atoms with Gasteiger partial charge in [-0.1, -0.05) is 34.1 Å². The summed E-state index contributed by atoms with van der Waals surface area (Å²) in [6.45, 7) is -0.940. The van der Waals surface area contributed by atoms with E-state index in [1.54, 1.807) is 24.3 Å². The lowest BCUT2D eigenvalue weighted by atomic mass is 9.99. The predicted molar refractivity (Wildman–Crippen MR) is 131 cm³/mol. The second-order valence-corrected chi connectivity index (χ2v) is 9.25. The molecule has 0 amide bonds. The van der Waals surface area contributed by atoms with Gasteiger partial charge in [-0.15, -0.1) is 5.10 Å². The summed E-state index contributed by atoms with van der Waals surface area (Å²) in [5, 5.41) is 21.4. The number of aliphatic hydroxyl groups excluding tert-OH is 1. The van der Waals surface area contributed by atoms with Crippen molar-refractivity contribution in [2.75, 3.05) is 25.6 Å². The van der Waals surface area contributed by atoms with Crippen molar-refractivity contribution in [2.24, 2.45) is 0 Å². The number of anilines is 1. The molecule has 212 valence electrons. The van der Waals surface area contributed by atoms with Gasteiger partial charge in [-0.3, -0.25) is 4.79 Å². The third-order valence-corrected chi connectivity index (χ3v) is 6.11. The number of carbonyl (C=O) groups excluding carboxylic acids is 1. The van der Waals surface area contributed by atoms with Crippen LogP contribution in [0.2, 0.25) is 5.02 Å². The van der Waals surface area contributed by atoms with Crippen LogP contribution in [-0.4, -0.2) is 51.7 Å². The number of aliphatic hydroxyl groups is 1. The molecule has 0 unspecified atom stereocenters. The summed E-state index contributed by atoms with van der Waals surface area (Å²) in [6.07, 6.45) is -10.1. The Morgan fingerprint density at radius 1 is 1.05 bits per heavy atom. The van der Waals surface area contributed by atoms with E-state index in [4.69, 9.17) is 16.1 Å². The Hall–Kier alpha value is -3.91. The van der Waals surface area contributed by atoms with Gasteiger partial charge in [-0.2, -0.15) is 26.3 Å². The van der Waals surface area contributed by atoms with Gasteiger partial charge in [0, 0.05) is 32.7 Å². The summed E-state index contributed by atoms with van der Waals surface area (Å²) in [5.74, 6) is -0.766. The van der Waals surface area contributed by atoms with Crippen molar-refractivity contribution >= 4 is 23.2 Å². The van der Waals surface area contributed by atoms with Crippen molar-refractivity contribution in [1.29, 1.82) is 0 Å². The molecule has 0 saturated heterocycles. The summed E-state index contributed by atoms with van der Waals surface area (Å²) in [4.78, 5) is 15.2. The lowest BCUT2D eigenvalue weighted by Gasteiger charge is -2.17. The molecule has 1 N–H and O–H groups in total. The number of nitrogens with zero attached hydrogens (tertiary/aromatic N) is 5. The fourth-order valence-electron chi connectivity index (χ4n) is 4.07. The molecule has 0 bridgehead atoms. The second kappa shape index (κ2) is 10.9. The van der Waals surface area contributed by atoms with Crippen LogP contribution in [0.25, 0.3) is 11.3 Å². The summed E-state index contributed by atoms with van der Waals surface area (Å²) < 4.78 is 86.6. The van der Waals surface area contributed by atoms with E-state index in [-0.39, 0.29) is 58.2 Å². The normalized spacial score (nSPS) is 12.2. The quantitative estimate of drug-likeness (QED) is 0.215. The van der Waals surface area contributed by atoms with Gasteiger partial charge in [0.2, 0.25) is 5.78 Å². The number of alkyl halides is 6. The maximum Gasteiger partial charge on any atom is 0.416 e. The lowest BCUT2D eigenvalue weighted by molar-refractivity contribution is -0.143. The van der Waals surface area contributed by atoms with Crippen molar-refractivity contribution in [2.45, 2.75) is 25.3 Å². The maximum atomic E-state index is 13.8. The van der Waals surface area contributed by atoms with Crippen LogP contribution in [0.15, 0.2) is 47.0 Å². The van der Waals surface area contributed by atoms with E-state index in [2.05, 4.69) is 15.5 Å². The average molecular weight is 588 g/mol. The van der Waals surface area contributed by atoms with E-state index in [1.807, 2.05) is 0 Å². The molecule has 0 spiro atoms. The van der Waals surface area contributed by atoms with E-state index in [9.17, 15) is 36.2 Å². The molecule has 8 nitrogen and oxygen atoms in total. The topological polar surface area (TPSA) is 97.3 Å². The number of hydrogen-bond acceptors (Lipinski definition) is 7. The van der Waals surface area contributed by atoms with Gasteiger partial charge in [-0.05, 0) is 35.9 Å². The Labute approximate surface area is 227 Å². The molecule has 40 heavy (non-hydrogen) atoms. The smallest absolute Gasteiger partial charge is 0.396 e. The number of benzene rings is 2. The molecule has 0 fully saturated rings. The number of ketones is 1. The van der Waals surface area contributed by atoms with Crippen LogP contribution in [0, 0.1) is 0 Å². The van der Waals surface area contributed by atoms with Gasteiger partial charge >= 0.3 is 12.4 Å². The Balaban J connectivity index is 1.82. The molecule has 15 heteroatoms. The van der Waals surface area contributed by atoms with E-state index in [0.717, 1.165) is 4.68 Å². The highest BCUT2D eigenvalue weighted by molar-refractivity contribution is 6.33. The number of hydrogen-bond donors (Lipinski definition) is 1. The van der Waals surface area contributed by atoms with Crippen LogP contribution < -0.4 is 4.90 Å². The zero-order valence-corrected chi connectivity index (χ0v) is 21.6. The largest absolute Gasteiger partial charge is 0.416 e. The number of aromatic nitrogens is 4. The number of rotatable bonds is 8. The molecule has 4 rings (SSSR count). The van der Waals surface area contributed by atoms with E-state index in [1.165, 1.54) is 19.0 Å². The van der Waals surface area contributed by atoms with Crippen LogP contribution in [0.5, 0.6) is 0 Å². The summed E-state index contributed by atoms with van der Waals surface area (Å²) >= 11 is 6.28. The van der Waals surface area contributed by atoms with Crippen LogP contribution in [-0.2, 0) is 25.3 Å². The van der Waals surface area contributed by atoms with Crippen LogP contribution in [0.1, 0.15) is 38.4 Å². The van der Waals surface area contributed by atoms with E-state index < -0.39 is 35.8 Å². The van der Waals surface area contributed by atoms with Gasteiger partial charge in [0.15, 0.2) is 17.3 Å². The number of halogens is 7. The minimum absolute atomic E-state index is 0.00257. The predicted octanol–water partition coefficient (Wildman–Crippen LogP) is 5.50. The Morgan fingerprint density at radius 2 is 1.68 bits per heavy atom. The Morgan fingerprint density at radius 3 is 2.23 bits per heavy atom. The van der Waals surface area contributed by atoms with Gasteiger partial charge in [-0.25, -0.2) is 4.68 Å². The third-order valence-electron chi connectivity index (χ3n) is 5.78. The first-order valence-corrected chi connectivity index (χ1v) is 11.9. The molecule has 2 aromatic heterocycles. The first kappa shape index (κ1) is 29.1. The number of carbonyl (C=O) groups is 1. The van der Waals surface area contributed by atoms with Gasteiger partial charge < -0.3 is 14.5 Å². The van der Waals surface area contributed by atoms with Crippen molar-refractivity contribution in [3.05, 3.63) is 81.1 Å². The molecule has 0 aliphatic heterocycles. The van der Waals surface area contributed by atoms with Crippen LogP contribution >= 0.6 is 11.6 Å². The summed E-state index contributed by atoms with van der Waals surface area (Å²) in [6, 6.07) is 7.63. The highest BCUT2D eigenvalue weighted by atomic mass is 35.5. The Kier molecular flexibility index (Phi) is 7.94. The summed E-state index contributed by atoms with van der Waals surface area (Å²) in [5.41, 5.74) is -3.26. The average Bonchev–Trinajstić information content (AvgIpc) is 3.47. The zero-order valence-electron chi connectivity index (χ0n) is 20.8. The molecule has 2 aromatic carbocycles. The molecule has 2 heterocycles. The van der Waals surface area contributed by atoms with E-state index >= 15 is 0 Å². The minimum atomic E-state index is -5.03. The molecule has 0 saturated carbocycles. The third kappa shape index (κ3) is 5.82. The van der Waals surface area contributed by atoms with Gasteiger partial charge in [0.1, 0.15) is 0 Å². The maximum absolute atomic E-state index is 13.8. The molecule has 0 aliphatic carbocycles. The highest BCUT2D eigenvalue weighted by Crippen LogP contribution is 2.37. The monoisotopic (exact) mass is 587 g/mol.